The molecule has 17 heavy (non-hydrogen) atoms. The highest BCUT2D eigenvalue weighted by atomic mass is 35.5. The van der Waals surface area contributed by atoms with Crippen LogP contribution in [0.3, 0.4) is 0 Å². The van der Waals surface area contributed by atoms with E-state index >= 15 is 0 Å². The number of hydrogen-bond donors (Lipinski definition) is 2. The summed E-state index contributed by atoms with van der Waals surface area (Å²) in [6, 6.07) is 3.71. The van der Waals surface area contributed by atoms with Gasteiger partial charge >= 0.3 is 0 Å². The Hall–Kier alpha value is -0.970. The summed E-state index contributed by atoms with van der Waals surface area (Å²) in [5.74, 6) is 0. The fourth-order valence-corrected chi connectivity index (χ4v) is 1.94. The number of anilines is 2. The van der Waals surface area contributed by atoms with Crippen LogP contribution >= 0.6 is 11.6 Å². The van der Waals surface area contributed by atoms with Crippen molar-refractivity contribution in [3.8, 4) is 0 Å². The first-order valence-electron chi connectivity index (χ1n) is 5.65. The van der Waals surface area contributed by atoms with Gasteiger partial charge in [0.25, 0.3) is 0 Å². The second-order valence-corrected chi connectivity index (χ2v) is 4.54. The number of halogens is 1. The zero-order valence-corrected chi connectivity index (χ0v) is 10.6. The Bertz CT molecular complexity index is 392. The number of rotatable bonds is 3. The van der Waals surface area contributed by atoms with E-state index in [4.69, 9.17) is 26.8 Å². The summed E-state index contributed by atoms with van der Waals surface area (Å²) in [6.45, 7) is 4.68. The van der Waals surface area contributed by atoms with Gasteiger partial charge in [-0.25, -0.2) is 0 Å². The first-order chi connectivity index (χ1) is 8.16. The van der Waals surface area contributed by atoms with Crippen molar-refractivity contribution >= 4 is 23.0 Å². The van der Waals surface area contributed by atoms with Gasteiger partial charge in [0.1, 0.15) is 0 Å². The third-order valence-corrected chi connectivity index (χ3v) is 3.08. The van der Waals surface area contributed by atoms with E-state index in [2.05, 4.69) is 5.32 Å². The number of nitrogens with one attached hydrogen (secondary N) is 1. The first-order valence-corrected chi connectivity index (χ1v) is 6.03. The maximum absolute atomic E-state index is 5.99. The topological polar surface area (TPSA) is 56.5 Å². The molecule has 0 radical (unpaired) electrons. The SMILES string of the molecule is Cc1cc(N)c(Cl)cc1NCC1COCCO1. The molecule has 1 saturated heterocycles. The Labute approximate surface area is 106 Å². The number of ether oxygens (including phenoxy) is 2. The van der Waals surface area contributed by atoms with Crippen LogP contribution in [0.4, 0.5) is 11.4 Å². The largest absolute Gasteiger partial charge is 0.398 e. The van der Waals surface area contributed by atoms with Crippen molar-refractivity contribution in [1.29, 1.82) is 0 Å². The van der Waals surface area contributed by atoms with Gasteiger partial charge in [-0.3, -0.25) is 0 Å². The minimum absolute atomic E-state index is 0.0967. The van der Waals surface area contributed by atoms with Crippen molar-refractivity contribution in [2.75, 3.05) is 37.4 Å². The Morgan fingerprint density at radius 1 is 1.47 bits per heavy atom. The van der Waals surface area contributed by atoms with Crippen LogP contribution in [0, 0.1) is 6.92 Å². The molecule has 1 aromatic rings. The van der Waals surface area contributed by atoms with Crippen LogP contribution in [0.5, 0.6) is 0 Å². The van der Waals surface area contributed by atoms with E-state index in [-0.39, 0.29) is 6.10 Å². The van der Waals surface area contributed by atoms with Gasteiger partial charge in [0.15, 0.2) is 0 Å². The molecule has 1 aliphatic heterocycles. The molecule has 0 aliphatic carbocycles. The molecule has 1 heterocycles. The molecule has 1 aromatic carbocycles. The van der Waals surface area contributed by atoms with E-state index in [1.165, 1.54) is 0 Å². The molecule has 5 heteroatoms. The van der Waals surface area contributed by atoms with Gasteiger partial charge in [0, 0.05) is 12.2 Å². The molecule has 1 fully saturated rings. The van der Waals surface area contributed by atoms with Crippen LogP contribution in [0.1, 0.15) is 5.56 Å². The summed E-state index contributed by atoms with van der Waals surface area (Å²) in [5, 5.41) is 3.87. The van der Waals surface area contributed by atoms with E-state index in [1.807, 2.05) is 19.1 Å². The molecule has 1 unspecified atom stereocenters. The van der Waals surface area contributed by atoms with Crippen LogP contribution in [0.15, 0.2) is 12.1 Å². The molecule has 0 bridgehead atoms. The molecule has 1 aliphatic rings. The maximum Gasteiger partial charge on any atom is 0.0981 e. The van der Waals surface area contributed by atoms with Crippen LogP contribution in [-0.2, 0) is 9.47 Å². The summed E-state index contributed by atoms with van der Waals surface area (Å²) in [5.41, 5.74) is 8.39. The number of benzene rings is 1. The fourth-order valence-electron chi connectivity index (χ4n) is 1.77. The molecule has 3 N–H and O–H groups in total. The lowest BCUT2D eigenvalue weighted by Gasteiger charge is -2.24. The summed E-state index contributed by atoms with van der Waals surface area (Å²) >= 11 is 5.99. The predicted molar refractivity (Wildman–Crippen MR) is 69.7 cm³/mol. The quantitative estimate of drug-likeness (QED) is 0.813. The lowest BCUT2D eigenvalue weighted by atomic mass is 10.1. The molecule has 0 aromatic heterocycles. The Kier molecular flexibility index (Phi) is 4.10. The van der Waals surface area contributed by atoms with Crippen LogP contribution in [0.25, 0.3) is 0 Å². The van der Waals surface area contributed by atoms with E-state index in [0.717, 1.165) is 11.3 Å². The average molecular weight is 257 g/mol. The second kappa shape index (κ2) is 5.58. The fraction of sp³-hybridized carbons (Fsp3) is 0.500. The second-order valence-electron chi connectivity index (χ2n) is 4.14. The summed E-state index contributed by atoms with van der Waals surface area (Å²) < 4.78 is 10.9. The number of nitrogen functional groups attached to an aromatic ring is 1. The van der Waals surface area contributed by atoms with Crippen molar-refractivity contribution in [3.63, 3.8) is 0 Å². The number of aryl methyl sites for hydroxylation is 1. The van der Waals surface area contributed by atoms with Gasteiger partial charge in [-0.05, 0) is 24.6 Å². The lowest BCUT2D eigenvalue weighted by Crippen LogP contribution is -2.34. The molecule has 0 saturated carbocycles. The van der Waals surface area contributed by atoms with Crippen LogP contribution in [0.2, 0.25) is 5.02 Å². The third-order valence-electron chi connectivity index (χ3n) is 2.75. The zero-order valence-electron chi connectivity index (χ0n) is 9.83. The first kappa shape index (κ1) is 12.5. The Morgan fingerprint density at radius 3 is 3.00 bits per heavy atom. The molecule has 0 amide bonds. The zero-order chi connectivity index (χ0) is 12.3. The summed E-state index contributed by atoms with van der Waals surface area (Å²) in [4.78, 5) is 0. The smallest absolute Gasteiger partial charge is 0.0981 e. The van der Waals surface area contributed by atoms with Crippen molar-refractivity contribution < 1.29 is 9.47 Å². The Balaban J connectivity index is 1.96. The van der Waals surface area contributed by atoms with E-state index in [9.17, 15) is 0 Å². The summed E-state index contributed by atoms with van der Waals surface area (Å²) in [7, 11) is 0. The van der Waals surface area contributed by atoms with Gasteiger partial charge in [-0.2, -0.15) is 0 Å². The maximum atomic E-state index is 5.99. The molecular weight excluding hydrogens is 240 g/mol. The van der Waals surface area contributed by atoms with E-state index < -0.39 is 0 Å². The monoisotopic (exact) mass is 256 g/mol. The van der Waals surface area contributed by atoms with Crippen molar-refractivity contribution in [2.45, 2.75) is 13.0 Å². The van der Waals surface area contributed by atoms with Crippen molar-refractivity contribution in [3.05, 3.63) is 22.7 Å². The molecule has 0 spiro atoms. The van der Waals surface area contributed by atoms with Crippen molar-refractivity contribution in [2.24, 2.45) is 0 Å². The third kappa shape index (κ3) is 3.25. The van der Waals surface area contributed by atoms with Gasteiger partial charge in [0.2, 0.25) is 0 Å². The van der Waals surface area contributed by atoms with Crippen LogP contribution in [-0.4, -0.2) is 32.5 Å². The minimum atomic E-state index is 0.0967. The van der Waals surface area contributed by atoms with Gasteiger partial charge < -0.3 is 20.5 Å². The van der Waals surface area contributed by atoms with Crippen LogP contribution < -0.4 is 11.1 Å². The highest BCUT2D eigenvalue weighted by Gasteiger charge is 2.14. The molecule has 94 valence electrons. The highest BCUT2D eigenvalue weighted by molar-refractivity contribution is 6.33. The number of nitrogens with two attached hydrogens (primary N) is 1. The average Bonchev–Trinajstić information content (AvgIpc) is 2.33. The predicted octanol–water partition coefficient (Wildman–Crippen LogP) is 2.06. The normalized spacial score (nSPS) is 20.2. The highest BCUT2D eigenvalue weighted by Crippen LogP contribution is 2.26. The Morgan fingerprint density at radius 2 is 2.29 bits per heavy atom. The standard InChI is InChI=1S/C12H17ClN2O2/c1-8-4-11(14)10(13)5-12(8)15-6-9-7-16-2-3-17-9/h4-5,9,15H,2-3,6-7,14H2,1H3. The lowest BCUT2D eigenvalue weighted by molar-refractivity contribution is -0.0818. The molecule has 2 rings (SSSR count). The molecule has 4 nitrogen and oxygen atoms in total. The summed E-state index contributed by atoms with van der Waals surface area (Å²) in [6.07, 6.45) is 0.0967. The minimum Gasteiger partial charge on any atom is -0.398 e. The van der Waals surface area contributed by atoms with Crippen molar-refractivity contribution in [1.82, 2.24) is 0 Å². The van der Waals surface area contributed by atoms with E-state index in [0.29, 0.717) is 37.1 Å². The molecule has 1 atom stereocenters. The molecular formula is C12H17ClN2O2. The van der Waals surface area contributed by atoms with Gasteiger partial charge in [-0.1, -0.05) is 11.6 Å². The van der Waals surface area contributed by atoms with E-state index in [1.54, 1.807) is 0 Å². The van der Waals surface area contributed by atoms with Gasteiger partial charge in [-0.15, -0.1) is 0 Å². The van der Waals surface area contributed by atoms with Gasteiger partial charge in [0.05, 0.1) is 36.6 Å². The number of hydrogen-bond acceptors (Lipinski definition) is 4.